The molecule has 0 aliphatic rings. The first-order chi connectivity index (χ1) is 20.0. The molecule has 0 aliphatic heterocycles. The molecule has 42 heavy (non-hydrogen) atoms. The summed E-state index contributed by atoms with van der Waals surface area (Å²) in [5, 5.41) is 3.62. The van der Waals surface area contributed by atoms with Gasteiger partial charge in [-0.2, -0.15) is 0 Å². The molecule has 1 N–H and O–H groups in total. The maximum atomic E-state index is 14.0. The first kappa shape index (κ1) is 33.2. The second-order valence-electron chi connectivity index (χ2n) is 9.83. The van der Waals surface area contributed by atoms with Gasteiger partial charge in [0.1, 0.15) is 18.3 Å². The molecule has 226 valence electrons. The maximum Gasteiger partial charge on any atom is 0.264 e. The number of carbonyl (C=O) groups is 2. The zero-order valence-electron chi connectivity index (χ0n) is 24.3. The summed E-state index contributed by atoms with van der Waals surface area (Å²) >= 11 is 12.5. The molecule has 0 spiro atoms. The summed E-state index contributed by atoms with van der Waals surface area (Å²) in [6.07, 6.45) is 1.68. The van der Waals surface area contributed by atoms with Crippen LogP contribution in [0.3, 0.4) is 0 Å². The summed E-state index contributed by atoms with van der Waals surface area (Å²) in [5.74, 6) is -0.393. The Morgan fingerprint density at radius 1 is 0.976 bits per heavy atom. The van der Waals surface area contributed by atoms with Gasteiger partial charge in [0, 0.05) is 23.1 Å². The number of anilines is 1. The number of nitrogens with zero attached hydrogens (tertiary/aromatic N) is 2. The van der Waals surface area contributed by atoms with Crippen LogP contribution in [0.1, 0.15) is 44.7 Å². The number of rotatable bonds is 14. The van der Waals surface area contributed by atoms with Gasteiger partial charge in [0.25, 0.3) is 10.0 Å². The van der Waals surface area contributed by atoms with Crippen molar-refractivity contribution >= 4 is 50.7 Å². The van der Waals surface area contributed by atoms with E-state index >= 15 is 0 Å². The molecule has 0 saturated heterocycles. The van der Waals surface area contributed by atoms with E-state index in [0.29, 0.717) is 40.2 Å². The number of unbranched alkanes of at least 4 members (excludes halogenated alkanes) is 1. The quantitative estimate of drug-likeness (QED) is 0.212. The van der Waals surface area contributed by atoms with E-state index in [9.17, 15) is 18.0 Å². The van der Waals surface area contributed by atoms with E-state index in [1.807, 2.05) is 20.8 Å². The van der Waals surface area contributed by atoms with Crippen LogP contribution < -0.4 is 14.4 Å². The number of sulfonamides is 1. The third-order valence-electron chi connectivity index (χ3n) is 6.68. The fourth-order valence-corrected chi connectivity index (χ4v) is 6.08. The average molecular weight is 635 g/mol. The molecular weight excluding hydrogens is 597 g/mol. The molecule has 0 unspecified atom stereocenters. The molecule has 3 aromatic carbocycles. The lowest BCUT2D eigenvalue weighted by Crippen LogP contribution is -2.51. The second kappa shape index (κ2) is 15.3. The molecule has 3 rings (SSSR count). The van der Waals surface area contributed by atoms with Crippen LogP contribution in [0.5, 0.6) is 5.75 Å². The van der Waals surface area contributed by atoms with Gasteiger partial charge in [-0.05, 0) is 81.3 Å². The van der Waals surface area contributed by atoms with Gasteiger partial charge in [-0.15, -0.1) is 0 Å². The fraction of sp³-hybridized carbons (Fsp3) is 0.355. The van der Waals surface area contributed by atoms with Crippen LogP contribution in [0.15, 0.2) is 71.6 Å². The fourth-order valence-electron chi connectivity index (χ4n) is 4.19. The largest absolute Gasteiger partial charge is 0.494 e. The summed E-state index contributed by atoms with van der Waals surface area (Å²) in [6.45, 7) is 7.68. The zero-order valence-corrected chi connectivity index (χ0v) is 26.6. The molecule has 0 bridgehead atoms. The minimum atomic E-state index is -4.19. The number of nitrogens with one attached hydrogen (secondary N) is 1. The Bertz CT molecular complexity index is 1460. The van der Waals surface area contributed by atoms with Crippen LogP contribution in [-0.2, 0) is 26.2 Å². The highest BCUT2D eigenvalue weighted by Crippen LogP contribution is 2.27. The van der Waals surface area contributed by atoms with Crippen LogP contribution in [0.4, 0.5) is 5.69 Å². The molecule has 0 saturated carbocycles. The SMILES string of the molecule is CCCCNC(=O)[C@@H](C)N(Cc1ccc(Cl)cc1Cl)C(=O)CN(c1ccc(C)cc1)S(=O)(=O)c1ccc(OCC)cc1. The van der Waals surface area contributed by atoms with E-state index in [0.717, 1.165) is 22.7 Å². The van der Waals surface area contributed by atoms with Crippen LogP contribution in [0.25, 0.3) is 0 Å². The topological polar surface area (TPSA) is 96.0 Å². The van der Waals surface area contributed by atoms with Crippen molar-refractivity contribution in [2.24, 2.45) is 0 Å². The van der Waals surface area contributed by atoms with E-state index in [1.165, 1.54) is 17.0 Å². The third-order valence-corrected chi connectivity index (χ3v) is 9.05. The van der Waals surface area contributed by atoms with Crippen molar-refractivity contribution in [2.75, 3.05) is 24.0 Å². The minimum absolute atomic E-state index is 0.00280. The van der Waals surface area contributed by atoms with Gasteiger partial charge in [0.15, 0.2) is 0 Å². The summed E-state index contributed by atoms with van der Waals surface area (Å²) < 4.78 is 34.5. The van der Waals surface area contributed by atoms with Crippen molar-refractivity contribution in [2.45, 2.75) is 58.0 Å². The Hall–Kier alpha value is -3.27. The summed E-state index contributed by atoms with van der Waals surface area (Å²) in [5.41, 5.74) is 1.81. The highest BCUT2D eigenvalue weighted by atomic mass is 35.5. The normalized spacial score (nSPS) is 12.0. The third kappa shape index (κ3) is 8.63. The van der Waals surface area contributed by atoms with Gasteiger partial charge in [-0.25, -0.2) is 8.42 Å². The predicted octanol–water partition coefficient (Wildman–Crippen LogP) is 6.23. The summed E-state index contributed by atoms with van der Waals surface area (Å²) in [4.78, 5) is 28.4. The van der Waals surface area contributed by atoms with Gasteiger partial charge in [0.2, 0.25) is 11.8 Å². The number of hydrogen-bond acceptors (Lipinski definition) is 5. The van der Waals surface area contributed by atoms with E-state index < -0.39 is 28.5 Å². The Morgan fingerprint density at radius 2 is 1.64 bits per heavy atom. The molecule has 8 nitrogen and oxygen atoms in total. The molecule has 0 fully saturated rings. The molecule has 11 heteroatoms. The Labute approximate surface area is 258 Å². The van der Waals surface area contributed by atoms with Crippen LogP contribution in [0.2, 0.25) is 10.0 Å². The van der Waals surface area contributed by atoms with E-state index in [1.54, 1.807) is 61.5 Å². The predicted molar refractivity (Wildman–Crippen MR) is 168 cm³/mol. The molecule has 0 radical (unpaired) electrons. The first-order valence-corrected chi connectivity index (χ1v) is 16.0. The van der Waals surface area contributed by atoms with E-state index in [4.69, 9.17) is 27.9 Å². The smallest absolute Gasteiger partial charge is 0.264 e. The molecule has 2 amide bonds. The van der Waals surface area contributed by atoms with Crippen molar-refractivity contribution in [3.8, 4) is 5.75 Å². The molecule has 0 aromatic heterocycles. The molecular formula is C31H37Cl2N3O5S. The van der Waals surface area contributed by atoms with E-state index in [2.05, 4.69) is 5.32 Å². The van der Waals surface area contributed by atoms with Crippen molar-refractivity contribution in [3.63, 3.8) is 0 Å². The first-order valence-electron chi connectivity index (χ1n) is 13.8. The second-order valence-corrected chi connectivity index (χ2v) is 12.5. The number of carbonyl (C=O) groups excluding carboxylic acids is 2. The lowest BCUT2D eigenvalue weighted by atomic mass is 10.1. The minimum Gasteiger partial charge on any atom is -0.494 e. The van der Waals surface area contributed by atoms with Gasteiger partial charge in [-0.1, -0.05) is 60.3 Å². The Morgan fingerprint density at radius 3 is 2.24 bits per heavy atom. The number of amides is 2. The van der Waals surface area contributed by atoms with Crippen molar-refractivity contribution in [1.82, 2.24) is 10.2 Å². The maximum absolute atomic E-state index is 14.0. The van der Waals surface area contributed by atoms with Gasteiger partial charge in [0.05, 0.1) is 17.2 Å². The van der Waals surface area contributed by atoms with Gasteiger partial charge in [-0.3, -0.25) is 13.9 Å². The highest BCUT2D eigenvalue weighted by molar-refractivity contribution is 7.92. The van der Waals surface area contributed by atoms with Gasteiger partial charge >= 0.3 is 0 Å². The molecule has 0 aliphatic carbocycles. The Balaban J connectivity index is 2.01. The van der Waals surface area contributed by atoms with Crippen molar-refractivity contribution < 1.29 is 22.7 Å². The van der Waals surface area contributed by atoms with Crippen LogP contribution in [-0.4, -0.2) is 50.9 Å². The number of ether oxygens (including phenoxy) is 1. The van der Waals surface area contributed by atoms with Crippen LogP contribution in [0, 0.1) is 6.92 Å². The lowest BCUT2D eigenvalue weighted by Gasteiger charge is -2.32. The van der Waals surface area contributed by atoms with Gasteiger partial charge < -0.3 is 15.0 Å². The summed E-state index contributed by atoms with van der Waals surface area (Å²) in [7, 11) is -4.19. The molecule has 0 heterocycles. The van der Waals surface area contributed by atoms with Crippen LogP contribution >= 0.6 is 23.2 Å². The average Bonchev–Trinajstić information content (AvgIpc) is 2.96. The van der Waals surface area contributed by atoms with Crippen molar-refractivity contribution in [1.29, 1.82) is 0 Å². The zero-order chi connectivity index (χ0) is 30.9. The number of benzene rings is 3. The highest BCUT2D eigenvalue weighted by Gasteiger charge is 2.32. The number of halogens is 2. The number of aryl methyl sites for hydroxylation is 1. The van der Waals surface area contributed by atoms with Crippen molar-refractivity contribution in [3.05, 3.63) is 87.9 Å². The standard InChI is InChI=1S/C31H37Cl2N3O5S/c1-5-7-18-34-31(38)23(4)35(20-24-10-11-25(32)19-29(24)33)30(37)21-36(26-12-8-22(3)9-13-26)42(39,40)28-16-14-27(15-17-28)41-6-2/h8-17,19,23H,5-7,18,20-21H2,1-4H3,(H,34,38)/t23-/m1/s1. The summed E-state index contributed by atoms with van der Waals surface area (Å²) in [6, 6.07) is 16.9. The Kier molecular flexibility index (Phi) is 12.1. The number of hydrogen-bond donors (Lipinski definition) is 1. The molecule has 1 atom stereocenters. The van der Waals surface area contributed by atoms with E-state index in [-0.39, 0.29) is 17.3 Å². The lowest BCUT2D eigenvalue weighted by molar-refractivity contribution is -0.139. The monoisotopic (exact) mass is 633 g/mol. The molecule has 3 aromatic rings.